The molecule has 122 valence electrons. The highest BCUT2D eigenvalue weighted by Gasteiger charge is 2.30. The molecule has 0 aliphatic carbocycles. The Hall–Kier alpha value is -1.43. The predicted octanol–water partition coefficient (Wildman–Crippen LogP) is 4.40. The fourth-order valence-corrected chi connectivity index (χ4v) is 3.05. The van der Waals surface area contributed by atoms with Gasteiger partial charge in [-0.25, -0.2) is 4.39 Å². The van der Waals surface area contributed by atoms with Gasteiger partial charge in [0, 0.05) is 12.5 Å². The van der Waals surface area contributed by atoms with Crippen LogP contribution < -0.4 is 10.1 Å². The minimum Gasteiger partial charge on any atom is -0.468 e. The second-order valence-electron chi connectivity index (χ2n) is 5.35. The fraction of sp³-hybridized carbons (Fsp3) is 0.312. The number of nitrogens with zero attached hydrogens (tertiary/aromatic N) is 1. The normalized spacial score (nSPS) is 18.9. The number of hydrogen-bond donors (Lipinski definition) is 1. The number of pyridine rings is 1. The standard InChI is InChI=1S/C16H14Cl2F2N2O/c17-11-13(19)12(18)16(22-15(11)20)23-14(10-6-7-21-8-10)9-4-2-1-3-5-9/h1-5,10,14,21H,6-8H2/t10?,14-/m1/s1. The highest BCUT2D eigenvalue weighted by Crippen LogP contribution is 2.37. The minimum atomic E-state index is -1.14. The molecule has 2 heterocycles. The lowest BCUT2D eigenvalue weighted by atomic mass is 9.95. The maximum absolute atomic E-state index is 13.8. The first kappa shape index (κ1) is 16.4. The number of rotatable bonds is 4. The van der Waals surface area contributed by atoms with Gasteiger partial charge in [0.1, 0.15) is 16.1 Å². The molecule has 1 N–H and O–H groups in total. The summed E-state index contributed by atoms with van der Waals surface area (Å²) in [5.74, 6) is -2.34. The van der Waals surface area contributed by atoms with Crippen LogP contribution in [0.25, 0.3) is 0 Å². The van der Waals surface area contributed by atoms with Gasteiger partial charge in [0.25, 0.3) is 0 Å². The van der Waals surface area contributed by atoms with Crippen molar-refractivity contribution in [3.63, 3.8) is 0 Å². The lowest BCUT2D eigenvalue weighted by Gasteiger charge is -2.24. The van der Waals surface area contributed by atoms with Crippen molar-refractivity contribution in [2.24, 2.45) is 5.92 Å². The van der Waals surface area contributed by atoms with Gasteiger partial charge in [0.05, 0.1) is 0 Å². The van der Waals surface area contributed by atoms with Gasteiger partial charge in [0.15, 0.2) is 5.82 Å². The zero-order valence-electron chi connectivity index (χ0n) is 12.0. The first-order valence-electron chi connectivity index (χ1n) is 7.20. The lowest BCUT2D eigenvalue weighted by molar-refractivity contribution is 0.136. The average molecular weight is 359 g/mol. The SMILES string of the molecule is Fc1nc(O[C@H](c2ccccc2)C2CCNC2)c(Cl)c(F)c1Cl. The van der Waals surface area contributed by atoms with E-state index in [4.69, 9.17) is 27.9 Å². The van der Waals surface area contributed by atoms with E-state index in [1.165, 1.54) is 0 Å². The van der Waals surface area contributed by atoms with E-state index in [0.29, 0.717) is 0 Å². The topological polar surface area (TPSA) is 34.1 Å². The van der Waals surface area contributed by atoms with Crippen molar-refractivity contribution in [1.82, 2.24) is 10.3 Å². The minimum absolute atomic E-state index is 0.150. The maximum Gasteiger partial charge on any atom is 0.239 e. The van der Waals surface area contributed by atoms with E-state index in [2.05, 4.69) is 10.3 Å². The molecule has 0 saturated carbocycles. The molecule has 1 aliphatic rings. The van der Waals surface area contributed by atoms with E-state index in [1.807, 2.05) is 30.3 Å². The van der Waals surface area contributed by atoms with Gasteiger partial charge in [-0.1, -0.05) is 53.5 Å². The van der Waals surface area contributed by atoms with E-state index in [9.17, 15) is 8.78 Å². The van der Waals surface area contributed by atoms with Crippen LogP contribution in [0.1, 0.15) is 18.1 Å². The summed E-state index contributed by atoms with van der Waals surface area (Å²) >= 11 is 11.4. The summed E-state index contributed by atoms with van der Waals surface area (Å²) in [6.45, 7) is 1.61. The van der Waals surface area contributed by atoms with Crippen LogP contribution in [0.4, 0.5) is 8.78 Å². The monoisotopic (exact) mass is 358 g/mol. The Morgan fingerprint density at radius 2 is 1.91 bits per heavy atom. The molecule has 1 aromatic heterocycles. The molecule has 1 aliphatic heterocycles. The summed E-state index contributed by atoms with van der Waals surface area (Å²) in [6.07, 6.45) is 0.478. The first-order valence-corrected chi connectivity index (χ1v) is 7.96. The van der Waals surface area contributed by atoms with E-state index in [1.54, 1.807) is 0 Å². The van der Waals surface area contributed by atoms with Crippen molar-refractivity contribution in [3.05, 3.63) is 57.7 Å². The third kappa shape index (κ3) is 3.42. The number of hydrogen-bond acceptors (Lipinski definition) is 3. The molecule has 1 aromatic carbocycles. The lowest BCUT2D eigenvalue weighted by Crippen LogP contribution is -2.22. The first-order chi connectivity index (χ1) is 11.1. The van der Waals surface area contributed by atoms with Crippen LogP contribution in [0.2, 0.25) is 10.0 Å². The largest absolute Gasteiger partial charge is 0.468 e. The number of halogens is 4. The van der Waals surface area contributed by atoms with Crippen LogP contribution in [-0.2, 0) is 0 Å². The van der Waals surface area contributed by atoms with E-state index in [0.717, 1.165) is 25.1 Å². The molecule has 0 amide bonds. The highest BCUT2D eigenvalue weighted by molar-refractivity contribution is 6.35. The van der Waals surface area contributed by atoms with Crippen molar-refractivity contribution in [3.8, 4) is 5.88 Å². The summed E-state index contributed by atoms with van der Waals surface area (Å²) in [4.78, 5) is 3.56. The molecule has 0 radical (unpaired) electrons. The summed E-state index contributed by atoms with van der Waals surface area (Å²) in [5.41, 5.74) is 0.898. The molecule has 1 saturated heterocycles. The number of ether oxygens (including phenoxy) is 1. The van der Waals surface area contributed by atoms with Crippen molar-refractivity contribution < 1.29 is 13.5 Å². The average Bonchev–Trinajstić information content (AvgIpc) is 3.10. The number of benzene rings is 1. The van der Waals surface area contributed by atoms with Gasteiger partial charge < -0.3 is 10.1 Å². The summed E-state index contributed by atoms with van der Waals surface area (Å²) in [6, 6.07) is 9.46. The summed E-state index contributed by atoms with van der Waals surface area (Å²) in [5, 5.41) is 2.10. The Kier molecular flexibility index (Phi) is 4.99. The van der Waals surface area contributed by atoms with Crippen LogP contribution in [-0.4, -0.2) is 18.1 Å². The van der Waals surface area contributed by atoms with Crippen LogP contribution in [0.5, 0.6) is 5.88 Å². The number of aromatic nitrogens is 1. The molecular weight excluding hydrogens is 345 g/mol. The van der Waals surface area contributed by atoms with Crippen molar-refractivity contribution in [1.29, 1.82) is 0 Å². The summed E-state index contributed by atoms with van der Waals surface area (Å²) in [7, 11) is 0. The van der Waals surface area contributed by atoms with Gasteiger partial charge in [-0.15, -0.1) is 0 Å². The Bertz CT molecular complexity index is 694. The molecule has 7 heteroatoms. The van der Waals surface area contributed by atoms with Gasteiger partial charge in [-0.05, 0) is 18.5 Å². The Labute approximate surface area is 142 Å². The summed E-state index contributed by atoms with van der Waals surface area (Å²) < 4.78 is 33.3. The molecule has 1 unspecified atom stereocenters. The molecular formula is C16H14Cl2F2N2O. The molecule has 1 fully saturated rings. The van der Waals surface area contributed by atoms with Crippen molar-refractivity contribution in [2.45, 2.75) is 12.5 Å². The Morgan fingerprint density at radius 3 is 2.57 bits per heavy atom. The second-order valence-corrected chi connectivity index (χ2v) is 6.11. The van der Waals surface area contributed by atoms with Crippen LogP contribution in [0.15, 0.2) is 30.3 Å². The van der Waals surface area contributed by atoms with Gasteiger partial charge in [0.2, 0.25) is 11.8 Å². The molecule has 2 aromatic rings. The third-order valence-electron chi connectivity index (χ3n) is 3.85. The van der Waals surface area contributed by atoms with Gasteiger partial charge >= 0.3 is 0 Å². The van der Waals surface area contributed by atoms with Crippen LogP contribution in [0.3, 0.4) is 0 Å². The third-order valence-corrected chi connectivity index (χ3v) is 4.50. The maximum atomic E-state index is 13.8. The molecule has 0 bridgehead atoms. The molecule has 3 nitrogen and oxygen atoms in total. The Morgan fingerprint density at radius 1 is 1.17 bits per heavy atom. The van der Waals surface area contributed by atoms with Gasteiger partial charge in [-0.2, -0.15) is 9.37 Å². The molecule has 3 rings (SSSR count). The van der Waals surface area contributed by atoms with Crippen molar-refractivity contribution >= 4 is 23.2 Å². The number of nitrogens with one attached hydrogen (secondary N) is 1. The second kappa shape index (κ2) is 6.99. The fourth-order valence-electron chi connectivity index (χ4n) is 2.68. The quantitative estimate of drug-likeness (QED) is 0.822. The Balaban J connectivity index is 1.96. The highest BCUT2D eigenvalue weighted by atomic mass is 35.5. The van der Waals surface area contributed by atoms with Crippen LogP contribution >= 0.6 is 23.2 Å². The van der Waals surface area contributed by atoms with E-state index >= 15 is 0 Å². The zero-order chi connectivity index (χ0) is 16.4. The molecule has 23 heavy (non-hydrogen) atoms. The van der Waals surface area contributed by atoms with Crippen molar-refractivity contribution in [2.75, 3.05) is 13.1 Å². The smallest absolute Gasteiger partial charge is 0.239 e. The van der Waals surface area contributed by atoms with E-state index in [-0.39, 0.29) is 11.8 Å². The molecule has 2 atom stereocenters. The van der Waals surface area contributed by atoms with Gasteiger partial charge in [-0.3, -0.25) is 0 Å². The molecule has 0 spiro atoms. The predicted molar refractivity (Wildman–Crippen MR) is 85.0 cm³/mol. The van der Waals surface area contributed by atoms with E-state index < -0.39 is 27.9 Å². The zero-order valence-corrected chi connectivity index (χ0v) is 13.5. The van der Waals surface area contributed by atoms with Crippen LogP contribution in [0, 0.1) is 17.7 Å².